The zero-order chi connectivity index (χ0) is 16.4. The number of aryl methyl sites for hydroxylation is 1. The number of nitrogens with one attached hydrogen (secondary N) is 1. The van der Waals surface area contributed by atoms with Gasteiger partial charge in [-0.25, -0.2) is 8.42 Å². The van der Waals surface area contributed by atoms with Crippen LogP contribution in [0.3, 0.4) is 0 Å². The Labute approximate surface area is 133 Å². The summed E-state index contributed by atoms with van der Waals surface area (Å²) in [7, 11) is -3.80. The van der Waals surface area contributed by atoms with Crippen molar-refractivity contribution in [3.8, 4) is 11.1 Å². The standard InChI is InChI=1S/C17H14N2O3S/c1-12-7-9-14(10-8-12)23(21,22)17-16(15(11-20)18-19-17)13-5-3-2-4-6-13/h2-11H,1H3,(H,18,19). The predicted molar refractivity (Wildman–Crippen MR) is 86.0 cm³/mol. The number of carbonyl (C=O) groups is 1. The molecule has 1 heterocycles. The minimum absolute atomic E-state index is 0.0712. The summed E-state index contributed by atoms with van der Waals surface area (Å²) in [6.07, 6.45) is 0.549. The molecule has 2 aromatic carbocycles. The highest BCUT2D eigenvalue weighted by Gasteiger charge is 2.27. The summed E-state index contributed by atoms with van der Waals surface area (Å²) in [5, 5.41) is 6.28. The SMILES string of the molecule is Cc1ccc(S(=O)(=O)c2[nH]nc(C=O)c2-c2ccccc2)cc1. The molecule has 0 fully saturated rings. The van der Waals surface area contributed by atoms with Gasteiger partial charge in [0.1, 0.15) is 5.69 Å². The van der Waals surface area contributed by atoms with Crippen LogP contribution in [0, 0.1) is 6.92 Å². The molecule has 6 heteroatoms. The lowest BCUT2D eigenvalue weighted by Gasteiger charge is -2.06. The van der Waals surface area contributed by atoms with Gasteiger partial charge in [-0.2, -0.15) is 5.10 Å². The lowest BCUT2D eigenvalue weighted by atomic mass is 10.1. The highest BCUT2D eigenvalue weighted by atomic mass is 32.2. The number of aromatic amines is 1. The molecule has 0 spiro atoms. The molecule has 0 amide bonds. The number of rotatable bonds is 4. The summed E-state index contributed by atoms with van der Waals surface area (Å²) >= 11 is 0. The second-order valence-corrected chi connectivity index (χ2v) is 7.00. The molecule has 0 radical (unpaired) electrons. The molecule has 1 N–H and O–H groups in total. The molecule has 0 bridgehead atoms. The van der Waals surface area contributed by atoms with Gasteiger partial charge >= 0.3 is 0 Å². The smallest absolute Gasteiger partial charge is 0.223 e. The Balaban J connectivity index is 2.23. The third kappa shape index (κ3) is 2.68. The van der Waals surface area contributed by atoms with Crippen molar-refractivity contribution in [1.29, 1.82) is 0 Å². The minimum atomic E-state index is -3.80. The zero-order valence-corrected chi connectivity index (χ0v) is 13.2. The lowest BCUT2D eigenvalue weighted by Crippen LogP contribution is -2.04. The van der Waals surface area contributed by atoms with E-state index in [0.717, 1.165) is 5.56 Å². The molecule has 0 aliphatic rings. The predicted octanol–water partition coefficient (Wildman–Crippen LogP) is 3.03. The number of aldehydes is 1. The van der Waals surface area contributed by atoms with Crippen molar-refractivity contribution in [3.05, 3.63) is 65.9 Å². The van der Waals surface area contributed by atoms with Gasteiger partial charge in [-0.05, 0) is 24.6 Å². The van der Waals surface area contributed by atoms with E-state index in [9.17, 15) is 13.2 Å². The topological polar surface area (TPSA) is 79.9 Å². The Kier molecular flexibility index (Phi) is 3.83. The molecule has 23 heavy (non-hydrogen) atoms. The van der Waals surface area contributed by atoms with Gasteiger partial charge in [0.15, 0.2) is 11.3 Å². The first kappa shape index (κ1) is 15.2. The van der Waals surface area contributed by atoms with Crippen LogP contribution < -0.4 is 0 Å². The van der Waals surface area contributed by atoms with E-state index in [1.54, 1.807) is 48.5 Å². The summed E-state index contributed by atoms with van der Waals surface area (Å²) in [4.78, 5) is 11.4. The molecule has 5 nitrogen and oxygen atoms in total. The third-order valence-electron chi connectivity index (χ3n) is 3.54. The van der Waals surface area contributed by atoms with Crippen LogP contribution in [-0.4, -0.2) is 24.9 Å². The van der Waals surface area contributed by atoms with Crippen molar-refractivity contribution >= 4 is 16.1 Å². The first-order valence-electron chi connectivity index (χ1n) is 6.95. The largest absolute Gasteiger partial charge is 0.296 e. The maximum atomic E-state index is 12.9. The van der Waals surface area contributed by atoms with Gasteiger partial charge in [0.05, 0.1) is 4.90 Å². The fourth-order valence-electron chi connectivity index (χ4n) is 2.34. The minimum Gasteiger partial charge on any atom is -0.296 e. The molecule has 3 rings (SSSR count). The molecule has 0 unspecified atom stereocenters. The molecule has 116 valence electrons. The Hall–Kier alpha value is -2.73. The Morgan fingerprint density at radius 2 is 1.65 bits per heavy atom. The molecule has 0 atom stereocenters. The van der Waals surface area contributed by atoms with Crippen molar-refractivity contribution in [2.45, 2.75) is 16.8 Å². The van der Waals surface area contributed by atoms with E-state index >= 15 is 0 Å². The van der Waals surface area contributed by atoms with Crippen LogP contribution in [0.5, 0.6) is 0 Å². The second kappa shape index (κ2) is 5.81. The first-order valence-corrected chi connectivity index (χ1v) is 8.43. The highest BCUT2D eigenvalue weighted by molar-refractivity contribution is 7.91. The maximum absolute atomic E-state index is 12.9. The lowest BCUT2D eigenvalue weighted by molar-refractivity contribution is 0.111. The van der Waals surface area contributed by atoms with Crippen LogP contribution in [-0.2, 0) is 9.84 Å². The molecule has 3 aromatic rings. The molecule has 0 saturated carbocycles. The second-order valence-electron chi connectivity index (χ2n) is 5.11. The highest BCUT2D eigenvalue weighted by Crippen LogP contribution is 2.31. The fourth-order valence-corrected chi connectivity index (χ4v) is 3.72. The molecule has 0 aliphatic carbocycles. The van der Waals surface area contributed by atoms with Crippen LogP contribution in [0.1, 0.15) is 16.1 Å². The average molecular weight is 326 g/mol. The number of aromatic nitrogens is 2. The van der Waals surface area contributed by atoms with Crippen molar-refractivity contribution in [2.24, 2.45) is 0 Å². The average Bonchev–Trinajstić information content (AvgIpc) is 3.01. The van der Waals surface area contributed by atoms with Gasteiger partial charge in [0.2, 0.25) is 9.84 Å². The van der Waals surface area contributed by atoms with Crippen LogP contribution in [0.25, 0.3) is 11.1 Å². The number of H-pyrrole nitrogens is 1. The van der Waals surface area contributed by atoms with Gasteiger partial charge in [-0.15, -0.1) is 0 Å². The van der Waals surface area contributed by atoms with Crippen molar-refractivity contribution in [1.82, 2.24) is 10.2 Å². The quantitative estimate of drug-likeness (QED) is 0.747. The number of nitrogens with zero attached hydrogens (tertiary/aromatic N) is 1. The summed E-state index contributed by atoms with van der Waals surface area (Å²) < 4.78 is 25.8. The van der Waals surface area contributed by atoms with Gasteiger partial charge in [-0.1, -0.05) is 48.0 Å². The summed E-state index contributed by atoms with van der Waals surface area (Å²) in [5.74, 6) is 0. The molecule has 0 saturated heterocycles. The van der Waals surface area contributed by atoms with Gasteiger partial charge < -0.3 is 0 Å². The van der Waals surface area contributed by atoms with E-state index in [1.807, 2.05) is 13.0 Å². The Bertz CT molecular complexity index is 943. The Morgan fingerprint density at radius 3 is 2.26 bits per heavy atom. The van der Waals surface area contributed by atoms with E-state index in [-0.39, 0.29) is 15.6 Å². The Morgan fingerprint density at radius 1 is 1.00 bits per heavy atom. The summed E-state index contributed by atoms with van der Waals surface area (Å²) in [5.41, 5.74) is 1.95. The van der Waals surface area contributed by atoms with E-state index in [0.29, 0.717) is 17.4 Å². The van der Waals surface area contributed by atoms with E-state index < -0.39 is 9.84 Å². The van der Waals surface area contributed by atoms with Gasteiger partial charge in [0.25, 0.3) is 0 Å². The molecular formula is C17H14N2O3S. The monoisotopic (exact) mass is 326 g/mol. The molecular weight excluding hydrogens is 312 g/mol. The van der Waals surface area contributed by atoms with E-state index in [4.69, 9.17) is 0 Å². The number of sulfone groups is 1. The van der Waals surface area contributed by atoms with E-state index in [2.05, 4.69) is 10.2 Å². The van der Waals surface area contributed by atoms with Gasteiger partial charge in [-0.3, -0.25) is 9.89 Å². The zero-order valence-electron chi connectivity index (χ0n) is 12.4. The van der Waals surface area contributed by atoms with Crippen LogP contribution >= 0.6 is 0 Å². The van der Waals surface area contributed by atoms with Crippen LogP contribution in [0.2, 0.25) is 0 Å². The fraction of sp³-hybridized carbons (Fsp3) is 0.0588. The summed E-state index contributed by atoms with van der Waals surface area (Å²) in [6, 6.07) is 15.4. The van der Waals surface area contributed by atoms with Crippen molar-refractivity contribution in [2.75, 3.05) is 0 Å². The van der Waals surface area contributed by atoms with E-state index in [1.165, 1.54) is 0 Å². The number of benzene rings is 2. The molecule has 0 aliphatic heterocycles. The maximum Gasteiger partial charge on any atom is 0.223 e. The van der Waals surface area contributed by atoms with Crippen LogP contribution in [0.15, 0.2) is 64.5 Å². The number of hydrogen-bond donors (Lipinski definition) is 1. The van der Waals surface area contributed by atoms with Gasteiger partial charge in [0, 0.05) is 5.56 Å². The first-order chi connectivity index (χ1) is 11.0. The van der Waals surface area contributed by atoms with Crippen LogP contribution in [0.4, 0.5) is 0 Å². The van der Waals surface area contributed by atoms with Crippen molar-refractivity contribution < 1.29 is 13.2 Å². The normalized spacial score (nSPS) is 11.3. The van der Waals surface area contributed by atoms with Crippen molar-refractivity contribution in [3.63, 3.8) is 0 Å². The molecule has 1 aromatic heterocycles. The summed E-state index contributed by atoms with van der Waals surface area (Å²) in [6.45, 7) is 1.88. The third-order valence-corrected chi connectivity index (χ3v) is 5.26. The number of carbonyl (C=O) groups excluding carboxylic acids is 1. The number of hydrogen-bond acceptors (Lipinski definition) is 4.